The molecule has 0 bridgehead atoms. The van der Waals surface area contributed by atoms with E-state index in [2.05, 4.69) is 30.3 Å². The van der Waals surface area contributed by atoms with Crippen LogP contribution in [0.1, 0.15) is 50.6 Å². The van der Waals surface area contributed by atoms with Crippen molar-refractivity contribution in [1.82, 2.24) is 4.98 Å². The van der Waals surface area contributed by atoms with Crippen molar-refractivity contribution in [2.75, 3.05) is 0 Å². The molecule has 0 aliphatic carbocycles. The van der Waals surface area contributed by atoms with Gasteiger partial charge in [-0.1, -0.05) is 45.3 Å². The van der Waals surface area contributed by atoms with Gasteiger partial charge in [0, 0.05) is 17.8 Å². The van der Waals surface area contributed by atoms with E-state index in [1.54, 1.807) is 0 Å². The van der Waals surface area contributed by atoms with E-state index < -0.39 is 0 Å². The number of hydrogen-bond donors (Lipinski definition) is 0. The van der Waals surface area contributed by atoms with E-state index in [1.807, 2.05) is 24.4 Å². The Hall–Kier alpha value is -1.33. The van der Waals surface area contributed by atoms with Gasteiger partial charge < -0.3 is 0 Å². The number of aromatic nitrogens is 1. The van der Waals surface area contributed by atoms with Crippen molar-refractivity contribution >= 4 is 0 Å². The molecular weight excluding hydrogens is 194 g/mol. The number of hydrogen-bond acceptors (Lipinski definition) is 1. The molecule has 0 saturated heterocycles. The SMILES string of the molecule is C=C=CC(CCCCCC)c1ccccn1. The van der Waals surface area contributed by atoms with Gasteiger partial charge in [0.15, 0.2) is 0 Å². The second-order valence-electron chi connectivity index (χ2n) is 4.08. The summed E-state index contributed by atoms with van der Waals surface area (Å²) in [5.41, 5.74) is 4.03. The topological polar surface area (TPSA) is 12.9 Å². The Morgan fingerprint density at radius 2 is 2.25 bits per heavy atom. The van der Waals surface area contributed by atoms with Crippen LogP contribution in [-0.2, 0) is 0 Å². The van der Waals surface area contributed by atoms with Gasteiger partial charge in [-0.2, -0.15) is 0 Å². The molecule has 1 rings (SSSR count). The minimum Gasteiger partial charge on any atom is -0.261 e. The van der Waals surface area contributed by atoms with Gasteiger partial charge >= 0.3 is 0 Å². The molecule has 1 aromatic heterocycles. The van der Waals surface area contributed by atoms with Crippen molar-refractivity contribution in [2.45, 2.75) is 44.9 Å². The van der Waals surface area contributed by atoms with Gasteiger partial charge in [0.2, 0.25) is 0 Å². The Morgan fingerprint density at radius 3 is 2.88 bits per heavy atom. The van der Waals surface area contributed by atoms with Crippen LogP contribution in [-0.4, -0.2) is 4.98 Å². The molecule has 0 N–H and O–H groups in total. The summed E-state index contributed by atoms with van der Waals surface area (Å²) in [7, 11) is 0. The molecule has 0 saturated carbocycles. The van der Waals surface area contributed by atoms with Gasteiger partial charge in [-0.25, -0.2) is 0 Å². The monoisotopic (exact) mass is 215 g/mol. The molecule has 0 aliphatic rings. The average Bonchev–Trinajstić information content (AvgIpc) is 2.34. The Labute approximate surface area is 98.9 Å². The molecule has 86 valence electrons. The first-order valence-electron chi connectivity index (χ1n) is 6.15. The molecule has 16 heavy (non-hydrogen) atoms. The lowest BCUT2D eigenvalue weighted by Gasteiger charge is -2.10. The zero-order valence-corrected chi connectivity index (χ0v) is 10.2. The van der Waals surface area contributed by atoms with E-state index in [0.717, 1.165) is 12.1 Å². The molecule has 1 nitrogen and oxygen atoms in total. The van der Waals surface area contributed by atoms with Gasteiger partial charge in [0.25, 0.3) is 0 Å². The maximum Gasteiger partial charge on any atom is 0.0478 e. The summed E-state index contributed by atoms with van der Waals surface area (Å²) in [6.07, 6.45) is 10.2. The van der Waals surface area contributed by atoms with Crippen LogP contribution in [0.3, 0.4) is 0 Å². The quantitative estimate of drug-likeness (QED) is 0.483. The van der Waals surface area contributed by atoms with E-state index in [0.29, 0.717) is 5.92 Å². The van der Waals surface area contributed by atoms with E-state index in [4.69, 9.17) is 0 Å². The summed E-state index contributed by atoms with van der Waals surface area (Å²) in [6, 6.07) is 6.08. The number of pyridine rings is 1. The van der Waals surface area contributed by atoms with Crippen molar-refractivity contribution in [3.8, 4) is 0 Å². The molecule has 1 aromatic rings. The highest BCUT2D eigenvalue weighted by Crippen LogP contribution is 2.21. The fraction of sp³-hybridized carbons (Fsp3) is 0.467. The lowest BCUT2D eigenvalue weighted by atomic mass is 9.97. The van der Waals surface area contributed by atoms with E-state index >= 15 is 0 Å². The third-order valence-corrected chi connectivity index (χ3v) is 2.76. The van der Waals surface area contributed by atoms with Gasteiger partial charge in [0.05, 0.1) is 0 Å². The predicted octanol–water partition coefficient (Wildman–Crippen LogP) is 4.48. The molecule has 0 aliphatic heterocycles. The normalized spacial score (nSPS) is 11.8. The highest BCUT2D eigenvalue weighted by molar-refractivity contribution is 5.14. The highest BCUT2D eigenvalue weighted by Gasteiger charge is 2.08. The van der Waals surface area contributed by atoms with E-state index in [9.17, 15) is 0 Å². The molecule has 0 aromatic carbocycles. The van der Waals surface area contributed by atoms with Crippen molar-refractivity contribution in [1.29, 1.82) is 0 Å². The molecule has 0 amide bonds. The molecular formula is C15H21N. The second kappa shape index (κ2) is 7.90. The smallest absolute Gasteiger partial charge is 0.0478 e. The molecule has 0 fully saturated rings. The van der Waals surface area contributed by atoms with Crippen molar-refractivity contribution in [3.05, 3.63) is 48.5 Å². The predicted molar refractivity (Wildman–Crippen MR) is 69.4 cm³/mol. The van der Waals surface area contributed by atoms with Gasteiger partial charge in [-0.15, -0.1) is 5.73 Å². The molecule has 1 heteroatoms. The molecule has 1 heterocycles. The molecule has 0 radical (unpaired) electrons. The Balaban J connectivity index is 2.52. The van der Waals surface area contributed by atoms with Crippen LogP contribution in [0.25, 0.3) is 0 Å². The fourth-order valence-corrected chi connectivity index (χ4v) is 1.85. The average molecular weight is 215 g/mol. The van der Waals surface area contributed by atoms with Gasteiger partial charge in [-0.05, 0) is 24.6 Å². The zero-order chi connectivity index (χ0) is 11.6. The Morgan fingerprint density at radius 1 is 1.38 bits per heavy atom. The third-order valence-electron chi connectivity index (χ3n) is 2.76. The van der Waals surface area contributed by atoms with Crippen molar-refractivity contribution < 1.29 is 0 Å². The van der Waals surface area contributed by atoms with E-state index in [1.165, 1.54) is 25.7 Å². The van der Waals surface area contributed by atoms with Crippen LogP contribution < -0.4 is 0 Å². The van der Waals surface area contributed by atoms with Crippen LogP contribution in [0.2, 0.25) is 0 Å². The first-order chi connectivity index (χ1) is 7.88. The number of unbranched alkanes of at least 4 members (excludes halogenated alkanes) is 3. The standard InChI is InChI=1S/C15H21N/c1-3-5-6-7-11-14(10-4-2)15-12-8-9-13-16-15/h8-10,12-14H,2-3,5-7,11H2,1H3. The maximum absolute atomic E-state index is 4.40. The lowest BCUT2D eigenvalue weighted by molar-refractivity contribution is 0.598. The summed E-state index contributed by atoms with van der Waals surface area (Å²) in [4.78, 5) is 4.40. The lowest BCUT2D eigenvalue weighted by Crippen LogP contribution is -1.97. The third kappa shape index (κ3) is 4.46. The van der Waals surface area contributed by atoms with Crippen molar-refractivity contribution in [2.24, 2.45) is 0 Å². The largest absolute Gasteiger partial charge is 0.261 e. The second-order valence-corrected chi connectivity index (χ2v) is 4.08. The van der Waals surface area contributed by atoms with Gasteiger partial charge in [0.1, 0.15) is 0 Å². The number of rotatable bonds is 7. The minimum atomic E-state index is 0.385. The number of allylic oxidation sites excluding steroid dienone is 1. The summed E-state index contributed by atoms with van der Waals surface area (Å²) in [5, 5.41) is 0. The molecule has 1 atom stereocenters. The van der Waals surface area contributed by atoms with Crippen LogP contribution in [0.15, 0.2) is 42.8 Å². The minimum absolute atomic E-state index is 0.385. The maximum atomic E-state index is 4.40. The highest BCUT2D eigenvalue weighted by atomic mass is 14.7. The fourth-order valence-electron chi connectivity index (χ4n) is 1.85. The van der Waals surface area contributed by atoms with Crippen LogP contribution in [0, 0.1) is 0 Å². The van der Waals surface area contributed by atoms with Crippen LogP contribution in [0.4, 0.5) is 0 Å². The first kappa shape index (κ1) is 12.7. The van der Waals surface area contributed by atoms with Crippen LogP contribution >= 0.6 is 0 Å². The summed E-state index contributed by atoms with van der Waals surface area (Å²) in [5.74, 6) is 0.385. The van der Waals surface area contributed by atoms with Crippen molar-refractivity contribution in [3.63, 3.8) is 0 Å². The number of nitrogens with zero attached hydrogens (tertiary/aromatic N) is 1. The molecule has 1 unspecified atom stereocenters. The summed E-state index contributed by atoms with van der Waals surface area (Å²) in [6.45, 7) is 5.90. The first-order valence-corrected chi connectivity index (χ1v) is 6.15. The Kier molecular flexibility index (Phi) is 6.29. The van der Waals surface area contributed by atoms with Crippen LogP contribution in [0.5, 0.6) is 0 Å². The summed E-state index contributed by atoms with van der Waals surface area (Å²) < 4.78 is 0. The zero-order valence-electron chi connectivity index (χ0n) is 10.2. The molecule has 0 spiro atoms. The Bertz CT molecular complexity index is 323. The van der Waals surface area contributed by atoms with E-state index in [-0.39, 0.29) is 0 Å². The van der Waals surface area contributed by atoms with Gasteiger partial charge in [-0.3, -0.25) is 4.98 Å². The summed E-state index contributed by atoms with van der Waals surface area (Å²) >= 11 is 0.